The van der Waals surface area contributed by atoms with Gasteiger partial charge in [-0.15, -0.1) is 0 Å². The van der Waals surface area contributed by atoms with Crippen molar-refractivity contribution in [1.82, 2.24) is 4.90 Å². The number of benzene rings is 2. The lowest BCUT2D eigenvalue weighted by atomic mass is 9.83. The summed E-state index contributed by atoms with van der Waals surface area (Å²) in [6.45, 7) is 5.79. The van der Waals surface area contributed by atoms with Gasteiger partial charge in [0.05, 0.1) is 41.6 Å². The summed E-state index contributed by atoms with van der Waals surface area (Å²) in [5.74, 6) is -0.336. The molecule has 3 atom stereocenters. The molecular formula is C29H31F9N2O4. The average Bonchev–Trinajstić information content (AvgIpc) is 2.91. The van der Waals surface area contributed by atoms with Crippen LogP contribution in [0.4, 0.5) is 54.8 Å². The molecule has 0 fully saturated rings. The van der Waals surface area contributed by atoms with Gasteiger partial charge in [0.2, 0.25) is 0 Å². The highest BCUT2D eigenvalue weighted by atomic mass is 19.4. The first kappa shape index (κ1) is 34.8. The van der Waals surface area contributed by atoms with Crippen molar-refractivity contribution in [1.29, 1.82) is 0 Å². The van der Waals surface area contributed by atoms with Crippen molar-refractivity contribution in [3.63, 3.8) is 0 Å². The van der Waals surface area contributed by atoms with Gasteiger partial charge >= 0.3 is 30.7 Å². The summed E-state index contributed by atoms with van der Waals surface area (Å²) in [4.78, 5) is 28.3. The summed E-state index contributed by atoms with van der Waals surface area (Å²) in [5.41, 5.74) is -5.27. The number of halogens is 9. The molecule has 0 saturated carbocycles. The van der Waals surface area contributed by atoms with E-state index < -0.39 is 77.7 Å². The van der Waals surface area contributed by atoms with Crippen LogP contribution in [-0.4, -0.2) is 36.3 Å². The second-order valence-corrected chi connectivity index (χ2v) is 10.8. The zero-order chi connectivity index (χ0) is 33.4. The SMILES string of the molecule is CCC(C)C1CC(N(Cc2cc(C(F)(F)F)cc(C(F)(F)F)c2)C(=O)OC)c2cc(C(F)(F)F)ccc2N1C(=O)OC(C)C. The lowest BCUT2D eigenvalue weighted by Crippen LogP contribution is -2.51. The number of hydrogen-bond donors (Lipinski definition) is 0. The van der Waals surface area contributed by atoms with Gasteiger partial charge in [0.25, 0.3) is 0 Å². The number of carbonyl (C=O) groups is 2. The van der Waals surface area contributed by atoms with Gasteiger partial charge in [-0.25, -0.2) is 9.59 Å². The normalized spacial score (nSPS) is 18.1. The molecule has 3 unspecified atom stereocenters. The maximum absolute atomic E-state index is 13.8. The molecule has 2 aromatic rings. The van der Waals surface area contributed by atoms with E-state index in [1.54, 1.807) is 27.7 Å². The maximum atomic E-state index is 13.8. The Morgan fingerprint density at radius 3 is 1.89 bits per heavy atom. The van der Waals surface area contributed by atoms with Crippen molar-refractivity contribution in [2.24, 2.45) is 5.92 Å². The molecule has 2 aromatic carbocycles. The number of carbonyl (C=O) groups excluding carboxylic acids is 2. The lowest BCUT2D eigenvalue weighted by Gasteiger charge is -2.46. The minimum atomic E-state index is -5.18. The van der Waals surface area contributed by atoms with Gasteiger partial charge in [-0.2, -0.15) is 39.5 Å². The van der Waals surface area contributed by atoms with Crippen LogP contribution in [0.3, 0.4) is 0 Å². The molecule has 0 bridgehead atoms. The Hall–Kier alpha value is -3.65. The van der Waals surface area contributed by atoms with E-state index in [-0.39, 0.29) is 29.7 Å². The van der Waals surface area contributed by atoms with Gasteiger partial charge in [0.1, 0.15) is 0 Å². The van der Waals surface area contributed by atoms with E-state index in [1.165, 1.54) is 4.90 Å². The van der Waals surface area contributed by atoms with E-state index in [9.17, 15) is 49.1 Å². The minimum absolute atomic E-state index is 0.0564. The monoisotopic (exact) mass is 642 g/mol. The molecule has 0 saturated heterocycles. The Kier molecular flexibility index (Phi) is 10.1. The molecule has 244 valence electrons. The summed E-state index contributed by atoms with van der Waals surface area (Å²) in [6.07, 6.45) is -17.7. The zero-order valence-electron chi connectivity index (χ0n) is 24.3. The van der Waals surface area contributed by atoms with Crippen molar-refractivity contribution in [2.75, 3.05) is 12.0 Å². The fourth-order valence-electron chi connectivity index (χ4n) is 5.13. The first-order valence-corrected chi connectivity index (χ1v) is 13.5. The Bertz CT molecular complexity index is 1320. The van der Waals surface area contributed by atoms with Crippen LogP contribution in [0.15, 0.2) is 36.4 Å². The molecule has 0 aromatic heterocycles. The molecule has 0 N–H and O–H groups in total. The van der Waals surface area contributed by atoms with Gasteiger partial charge < -0.3 is 9.47 Å². The number of rotatable bonds is 6. The van der Waals surface area contributed by atoms with Crippen molar-refractivity contribution in [3.05, 3.63) is 64.2 Å². The van der Waals surface area contributed by atoms with Crippen LogP contribution in [0, 0.1) is 5.92 Å². The van der Waals surface area contributed by atoms with Gasteiger partial charge in [-0.05, 0) is 73.7 Å². The van der Waals surface area contributed by atoms with Gasteiger partial charge in [-0.3, -0.25) is 9.80 Å². The summed E-state index contributed by atoms with van der Waals surface area (Å²) in [6, 6.07) is 1.10. The number of anilines is 1. The summed E-state index contributed by atoms with van der Waals surface area (Å²) in [5, 5.41) is 0. The fraction of sp³-hybridized carbons (Fsp3) is 0.517. The van der Waals surface area contributed by atoms with Crippen LogP contribution in [0.2, 0.25) is 0 Å². The quantitative estimate of drug-likeness (QED) is 0.295. The number of nitrogens with zero attached hydrogens (tertiary/aromatic N) is 2. The van der Waals surface area contributed by atoms with Gasteiger partial charge in [0, 0.05) is 12.6 Å². The van der Waals surface area contributed by atoms with Gasteiger partial charge in [0.15, 0.2) is 0 Å². The number of methoxy groups -OCH3 is 1. The summed E-state index contributed by atoms with van der Waals surface area (Å²) >= 11 is 0. The topological polar surface area (TPSA) is 59.1 Å². The fourth-order valence-corrected chi connectivity index (χ4v) is 5.13. The smallest absolute Gasteiger partial charge is 0.416 e. The molecule has 2 amide bonds. The van der Waals surface area contributed by atoms with Crippen LogP contribution in [-0.2, 0) is 34.5 Å². The lowest BCUT2D eigenvalue weighted by molar-refractivity contribution is -0.143. The predicted molar refractivity (Wildman–Crippen MR) is 141 cm³/mol. The second kappa shape index (κ2) is 12.8. The average molecular weight is 643 g/mol. The number of hydrogen-bond acceptors (Lipinski definition) is 4. The van der Waals surface area contributed by atoms with Crippen molar-refractivity contribution in [3.8, 4) is 0 Å². The third kappa shape index (κ3) is 7.70. The molecule has 0 aliphatic carbocycles. The van der Waals surface area contributed by atoms with Gasteiger partial charge in [-0.1, -0.05) is 20.3 Å². The molecule has 6 nitrogen and oxygen atoms in total. The molecule has 44 heavy (non-hydrogen) atoms. The van der Waals surface area contributed by atoms with E-state index in [4.69, 9.17) is 9.47 Å². The molecule has 0 spiro atoms. The van der Waals surface area contributed by atoms with Crippen LogP contribution < -0.4 is 4.90 Å². The van der Waals surface area contributed by atoms with E-state index in [0.717, 1.165) is 24.1 Å². The third-order valence-electron chi connectivity index (χ3n) is 7.39. The van der Waals surface area contributed by atoms with Crippen LogP contribution >= 0.6 is 0 Å². The highest BCUT2D eigenvalue weighted by molar-refractivity contribution is 5.91. The predicted octanol–water partition coefficient (Wildman–Crippen LogP) is 9.22. The Morgan fingerprint density at radius 2 is 1.43 bits per heavy atom. The molecule has 1 aliphatic rings. The van der Waals surface area contributed by atoms with Crippen LogP contribution in [0.5, 0.6) is 0 Å². The minimum Gasteiger partial charge on any atom is -0.453 e. The summed E-state index contributed by atoms with van der Waals surface area (Å²) in [7, 11) is 0.914. The highest BCUT2D eigenvalue weighted by Crippen LogP contribution is 2.46. The van der Waals surface area contributed by atoms with Crippen molar-refractivity contribution >= 4 is 17.9 Å². The number of alkyl halides is 9. The van der Waals surface area contributed by atoms with Crippen molar-refractivity contribution < 1.29 is 58.6 Å². The summed E-state index contributed by atoms with van der Waals surface area (Å²) < 4.78 is 133. The van der Waals surface area contributed by atoms with E-state index in [2.05, 4.69) is 0 Å². The molecule has 1 heterocycles. The Labute approximate surface area is 247 Å². The molecule has 15 heteroatoms. The highest BCUT2D eigenvalue weighted by Gasteiger charge is 2.45. The number of ether oxygens (including phenoxy) is 2. The Balaban J connectivity index is 2.28. The van der Waals surface area contributed by atoms with E-state index in [1.807, 2.05) is 0 Å². The van der Waals surface area contributed by atoms with E-state index >= 15 is 0 Å². The first-order chi connectivity index (χ1) is 20.2. The van der Waals surface area contributed by atoms with E-state index in [0.29, 0.717) is 24.6 Å². The standard InChI is InChI=1S/C29H31F9N2O4/c1-6-16(4)23-13-24(21-12-18(27(30,31)32)7-8-22(21)40(23)26(42)44-15(2)3)39(25(41)43-5)14-17-9-19(28(33,34)35)11-20(10-17)29(36,37)38/h7-12,15-16,23-24H,6,13-14H2,1-5H3. The van der Waals surface area contributed by atoms with Crippen LogP contribution in [0.25, 0.3) is 0 Å². The number of fused-ring (bicyclic) bond motifs is 1. The first-order valence-electron chi connectivity index (χ1n) is 13.5. The number of amides is 2. The van der Waals surface area contributed by atoms with Crippen LogP contribution in [0.1, 0.15) is 74.4 Å². The molecule has 0 radical (unpaired) electrons. The molecular weight excluding hydrogens is 611 g/mol. The Morgan fingerprint density at radius 1 is 0.886 bits per heavy atom. The van der Waals surface area contributed by atoms with Crippen molar-refractivity contribution in [2.45, 2.75) is 83.8 Å². The second-order valence-electron chi connectivity index (χ2n) is 10.8. The molecule has 3 rings (SSSR count). The maximum Gasteiger partial charge on any atom is 0.416 e. The third-order valence-corrected chi connectivity index (χ3v) is 7.39. The molecule has 1 aliphatic heterocycles. The zero-order valence-corrected chi connectivity index (χ0v) is 24.3. The largest absolute Gasteiger partial charge is 0.453 e.